The Morgan fingerprint density at radius 2 is 1.93 bits per heavy atom. The van der Waals surface area contributed by atoms with Gasteiger partial charge in [-0.1, -0.05) is 22.8 Å². The molecule has 0 aliphatic rings. The van der Waals surface area contributed by atoms with Crippen LogP contribution in [0.3, 0.4) is 0 Å². The highest BCUT2D eigenvalue weighted by atomic mass is 35.5. The van der Waals surface area contributed by atoms with Gasteiger partial charge in [-0.2, -0.15) is 4.98 Å². The van der Waals surface area contributed by atoms with Gasteiger partial charge in [0, 0.05) is 5.56 Å². The van der Waals surface area contributed by atoms with E-state index in [1.165, 1.54) is 12.1 Å². The number of nitrogens with zero attached hydrogens (tertiary/aromatic N) is 2. The van der Waals surface area contributed by atoms with E-state index in [0.29, 0.717) is 27.4 Å². The summed E-state index contributed by atoms with van der Waals surface area (Å²) < 4.78 is 18.3. The van der Waals surface area contributed by atoms with Gasteiger partial charge in [-0.25, -0.2) is 4.39 Å². The molecule has 0 radical (unpaired) electrons. The Balaban J connectivity index is 1.68. The molecule has 8 heteroatoms. The standard InChI is InChI=1S/C19H18ClFN4OS/c1-10-8-11(2)16(15(20)9-10)23-19(27)22-12(3)18-24-17(25-26-18)13-4-6-14(21)7-5-13/h4-9,12H,1-3H3,(H2,22,23,27)/t12-/m0/s1. The maximum Gasteiger partial charge on any atom is 0.249 e. The number of hydrogen-bond acceptors (Lipinski definition) is 4. The third-order valence-electron chi connectivity index (χ3n) is 3.93. The topological polar surface area (TPSA) is 63.0 Å². The van der Waals surface area contributed by atoms with Crippen molar-refractivity contribution in [3.05, 3.63) is 64.3 Å². The van der Waals surface area contributed by atoms with Crippen LogP contribution in [0.1, 0.15) is 30.0 Å². The minimum absolute atomic E-state index is 0.320. The van der Waals surface area contributed by atoms with Crippen LogP contribution in [0, 0.1) is 19.7 Å². The molecule has 0 fully saturated rings. The molecule has 0 saturated heterocycles. The first-order chi connectivity index (χ1) is 12.8. The number of benzene rings is 2. The predicted molar refractivity (Wildman–Crippen MR) is 108 cm³/mol. The van der Waals surface area contributed by atoms with Gasteiger partial charge in [0.2, 0.25) is 11.7 Å². The van der Waals surface area contributed by atoms with Crippen molar-refractivity contribution in [3.63, 3.8) is 0 Å². The zero-order chi connectivity index (χ0) is 19.6. The summed E-state index contributed by atoms with van der Waals surface area (Å²) in [6, 6.07) is 9.45. The lowest BCUT2D eigenvalue weighted by molar-refractivity contribution is 0.354. The van der Waals surface area contributed by atoms with Crippen LogP contribution in [0.5, 0.6) is 0 Å². The van der Waals surface area contributed by atoms with Crippen molar-refractivity contribution in [2.75, 3.05) is 5.32 Å². The molecule has 27 heavy (non-hydrogen) atoms. The second-order valence-corrected chi connectivity index (χ2v) is 7.04. The summed E-state index contributed by atoms with van der Waals surface area (Å²) in [4.78, 5) is 4.34. The minimum Gasteiger partial charge on any atom is -0.351 e. The first-order valence-electron chi connectivity index (χ1n) is 8.27. The van der Waals surface area contributed by atoms with Gasteiger partial charge in [-0.05, 0) is 74.4 Å². The van der Waals surface area contributed by atoms with Gasteiger partial charge in [-0.15, -0.1) is 0 Å². The minimum atomic E-state index is -0.323. The Bertz CT molecular complexity index is 951. The molecule has 0 aliphatic carbocycles. The summed E-state index contributed by atoms with van der Waals surface area (Å²) in [5, 5.41) is 11.1. The van der Waals surface area contributed by atoms with Crippen LogP contribution in [0.2, 0.25) is 5.02 Å². The van der Waals surface area contributed by atoms with Crippen molar-refractivity contribution in [1.29, 1.82) is 0 Å². The van der Waals surface area contributed by atoms with Crippen LogP contribution in [0.15, 0.2) is 40.9 Å². The van der Waals surface area contributed by atoms with Gasteiger partial charge in [0.15, 0.2) is 5.11 Å². The van der Waals surface area contributed by atoms with Crippen LogP contribution >= 0.6 is 23.8 Å². The van der Waals surface area contributed by atoms with Gasteiger partial charge in [0.05, 0.1) is 10.7 Å². The number of halogens is 2. The lowest BCUT2D eigenvalue weighted by Gasteiger charge is -2.16. The molecular formula is C19H18ClFN4OS. The summed E-state index contributed by atoms with van der Waals surface area (Å²) in [5.41, 5.74) is 3.49. The van der Waals surface area contributed by atoms with Crippen LogP contribution in [0.25, 0.3) is 11.4 Å². The van der Waals surface area contributed by atoms with E-state index < -0.39 is 0 Å². The van der Waals surface area contributed by atoms with Crippen molar-refractivity contribution in [2.24, 2.45) is 0 Å². The lowest BCUT2D eigenvalue weighted by atomic mass is 10.1. The van der Waals surface area contributed by atoms with E-state index in [4.69, 9.17) is 28.3 Å². The quantitative estimate of drug-likeness (QED) is 0.583. The van der Waals surface area contributed by atoms with Crippen molar-refractivity contribution >= 4 is 34.6 Å². The molecule has 2 N–H and O–H groups in total. The molecule has 0 unspecified atom stereocenters. The van der Waals surface area contributed by atoms with Gasteiger partial charge in [-0.3, -0.25) is 0 Å². The van der Waals surface area contributed by atoms with Crippen LogP contribution < -0.4 is 10.6 Å². The Kier molecular flexibility index (Phi) is 5.72. The number of nitrogens with one attached hydrogen (secondary N) is 2. The molecule has 140 valence electrons. The number of aryl methyl sites for hydroxylation is 2. The molecule has 1 heterocycles. The Morgan fingerprint density at radius 1 is 1.22 bits per heavy atom. The average molecular weight is 405 g/mol. The van der Waals surface area contributed by atoms with Crippen LogP contribution in [-0.2, 0) is 0 Å². The second kappa shape index (κ2) is 8.02. The van der Waals surface area contributed by atoms with Crippen molar-refractivity contribution in [1.82, 2.24) is 15.5 Å². The van der Waals surface area contributed by atoms with Crippen LogP contribution in [-0.4, -0.2) is 15.3 Å². The van der Waals surface area contributed by atoms with Crippen LogP contribution in [0.4, 0.5) is 10.1 Å². The van der Waals surface area contributed by atoms with Crippen molar-refractivity contribution in [2.45, 2.75) is 26.8 Å². The zero-order valence-corrected chi connectivity index (χ0v) is 16.6. The summed E-state index contributed by atoms with van der Waals surface area (Å²) in [6.45, 7) is 5.79. The molecule has 2 aromatic carbocycles. The first-order valence-corrected chi connectivity index (χ1v) is 9.06. The summed E-state index contributed by atoms with van der Waals surface area (Å²) >= 11 is 11.7. The number of anilines is 1. The highest BCUT2D eigenvalue weighted by Gasteiger charge is 2.17. The van der Waals surface area contributed by atoms with E-state index in [1.807, 2.05) is 32.9 Å². The maximum absolute atomic E-state index is 13.0. The molecule has 0 spiro atoms. The lowest BCUT2D eigenvalue weighted by Crippen LogP contribution is -2.31. The summed E-state index contributed by atoms with van der Waals surface area (Å²) in [5.74, 6) is 0.430. The van der Waals surface area contributed by atoms with E-state index in [2.05, 4.69) is 20.8 Å². The molecule has 1 atom stereocenters. The third kappa shape index (κ3) is 4.61. The van der Waals surface area contributed by atoms with Gasteiger partial charge < -0.3 is 15.2 Å². The van der Waals surface area contributed by atoms with Gasteiger partial charge >= 0.3 is 0 Å². The van der Waals surface area contributed by atoms with Crippen molar-refractivity contribution in [3.8, 4) is 11.4 Å². The average Bonchev–Trinajstić information content (AvgIpc) is 3.09. The van der Waals surface area contributed by atoms with Gasteiger partial charge in [0.25, 0.3) is 0 Å². The van der Waals surface area contributed by atoms with E-state index in [1.54, 1.807) is 12.1 Å². The normalized spacial score (nSPS) is 11.9. The van der Waals surface area contributed by atoms with E-state index in [9.17, 15) is 4.39 Å². The summed E-state index contributed by atoms with van der Waals surface area (Å²) in [7, 11) is 0. The number of rotatable bonds is 4. The fraction of sp³-hybridized carbons (Fsp3) is 0.211. The number of aromatic nitrogens is 2. The molecule has 0 saturated carbocycles. The Hall–Kier alpha value is -2.51. The third-order valence-corrected chi connectivity index (χ3v) is 4.45. The highest BCUT2D eigenvalue weighted by molar-refractivity contribution is 7.80. The Morgan fingerprint density at radius 3 is 2.59 bits per heavy atom. The predicted octanol–water partition coefficient (Wildman–Crippen LogP) is 5.19. The smallest absolute Gasteiger partial charge is 0.249 e. The number of hydrogen-bond donors (Lipinski definition) is 2. The largest absolute Gasteiger partial charge is 0.351 e. The highest BCUT2D eigenvalue weighted by Crippen LogP contribution is 2.27. The van der Waals surface area contributed by atoms with Gasteiger partial charge in [0.1, 0.15) is 11.9 Å². The molecule has 0 amide bonds. The molecular weight excluding hydrogens is 387 g/mol. The summed E-state index contributed by atoms with van der Waals surface area (Å²) in [6.07, 6.45) is 0. The molecule has 0 aliphatic heterocycles. The van der Waals surface area contributed by atoms with E-state index in [-0.39, 0.29) is 11.9 Å². The molecule has 1 aromatic heterocycles. The fourth-order valence-electron chi connectivity index (χ4n) is 2.61. The zero-order valence-electron chi connectivity index (χ0n) is 15.0. The SMILES string of the molecule is Cc1cc(C)c(NC(=S)N[C@@H](C)c2nc(-c3ccc(F)cc3)no2)c(Cl)c1. The second-order valence-electron chi connectivity index (χ2n) is 6.22. The number of thiocarbonyl (C=S) groups is 1. The molecule has 3 rings (SSSR count). The Labute approximate surface area is 166 Å². The fourth-order valence-corrected chi connectivity index (χ4v) is 3.26. The molecule has 3 aromatic rings. The first kappa shape index (κ1) is 19.3. The van der Waals surface area contributed by atoms with E-state index >= 15 is 0 Å². The molecule has 0 bridgehead atoms. The van der Waals surface area contributed by atoms with E-state index in [0.717, 1.165) is 16.8 Å². The molecule has 5 nitrogen and oxygen atoms in total. The van der Waals surface area contributed by atoms with Crippen molar-refractivity contribution < 1.29 is 8.91 Å². The monoisotopic (exact) mass is 404 g/mol. The maximum atomic E-state index is 13.0.